The highest BCUT2D eigenvalue weighted by Crippen LogP contribution is 2.41. The molecule has 2 aliphatic rings. The first-order chi connectivity index (χ1) is 9.64. The molecule has 2 rings (SSSR count). The summed E-state index contributed by atoms with van der Waals surface area (Å²) >= 11 is 0. The summed E-state index contributed by atoms with van der Waals surface area (Å²) in [6, 6.07) is 0.574. The molecule has 1 aliphatic carbocycles. The fourth-order valence-corrected chi connectivity index (χ4v) is 3.62. The predicted octanol–water partition coefficient (Wildman–Crippen LogP) is 2.48. The van der Waals surface area contributed by atoms with Gasteiger partial charge in [0.25, 0.3) is 0 Å². The molecule has 1 heterocycles. The summed E-state index contributed by atoms with van der Waals surface area (Å²) in [4.78, 5) is 14.4. The van der Waals surface area contributed by atoms with Gasteiger partial charge in [-0.15, -0.1) is 0 Å². The summed E-state index contributed by atoms with van der Waals surface area (Å²) in [6.07, 6.45) is 7.98. The van der Waals surface area contributed by atoms with Crippen LogP contribution in [-0.4, -0.2) is 47.2 Å². The highest BCUT2D eigenvalue weighted by molar-refractivity contribution is 5.80. The lowest BCUT2D eigenvalue weighted by atomic mass is 9.89. The van der Waals surface area contributed by atoms with Crippen LogP contribution in [0.1, 0.15) is 58.8 Å². The highest BCUT2D eigenvalue weighted by atomic mass is 16.4. The molecule has 4 nitrogen and oxygen atoms in total. The summed E-state index contributed by atoms with van der Waals surface area (Å²) in [7, 11) is 0. The van der Waals surface area contributed by atoms with Crippen molar-refractivity contribution in [2.24, 2.45) is 5.92 Å². The second-order valence-electron chi connectivity index (χ2n) is 6.51. The number of likely N-dealkylation sites (tertiary alicyclic amines) is 1. The molecular formula is C16H30N2O2. The van der Waals surface area contributed by atoms with E-state index >= 15 is 0 Å². The molecule has 0 aromatic carbocycles. The molecule has 2 fully saturated rings. The van der Waals surface area contributed by atoms with Gasteiger partial charge in [0.05, 0.1) is 0 Å². The summed E-state index contributed by atoms with van der Waals surface area (Å²) in [5, 5.41) is 13.3. The molecular weight excluding hydrogens is 252 g/mol. The molecule has 0 spiro atoms. The van der Waals surface area contributed by atoms with E-state index in [1.54, 1.807) is 0 Å². The van der Waals surface area contributed by atoms with Crippen LogP contribution < -0.4 is 5.32 Å². The first-order valence-corrected chi connectivity index (χ1v) is 8.36. The first-order valence-electron chi connectivity index (χ1n) is 8.36. The smallest absolute Gasteiger partial charge is 0.325 e. The fourth-order valence-electron chi connectivity index (χ4n) is 3.62. The average molecular weight is 282 g/mol. The minimum atomic E-state index is -0.708. The van der Waals surface area contributed by atoms with Gasteiger partial charge < -0.3 is 10.4 Å². The second kappa shape index (κ2) is 6.90. The van der Waals surface area contributed by atoms with Gasteiger partial charge in [0.1, 0.15) is 5.54 Å². The first kappa shape index (κ1) is 15.8. The van der Waals surface area contributed by atoms with Crippen LogP contribution in [0.25, 0.3) is 0 Å². The molecule has 2 unspecified atom stereocenters. The Balaban J connectivity index is 2.11. The number of carboxylic acids is 1. The van der Waals surface area contributed by atoms with Crippen molar-refractivity contribution in [3.05, 3.63) is 0 Å². The number of carboxylic acid groups (broad SMARTS) is 1. The van der Waals surface area contributed by atoms with Crippen LogP contribution in [0.2, 0.25) is 0 Å². The lowest BCUT2D eigenvalue weighted by Gasteiger charge is -2.42. The van der Waals surface area contributed by atoms with Crippen LogP contribution in [0, 0.1) is 5.92 Å². The minimum absolute atomic E-state index is 0.325. The van der Waals surface area contributed by atoms with Crippen LogP contribution >= 0.6 is 0 Å². The van der Waals surface area contributed by atoms with Gasteiger partial charge in [-0.25, -0.2) is 0 Å². The van der Waals surface area contributed by atoms with E-state index in [0.717, 1.165) is 38.8 Å². The molecule has 20 heavy (non-hydrogen) atoms. The number of carbonyl (C=O) groups is 1. The number of hydrogen-bond acceptors (Lipinski definition) is 3. The van der Waals surface area contributed by atoms with Crippen molar-refractivity contribution in [1.29, 1.82) is 0 Å². The van der Waals surface area contributed by atoms with E-state index < -0.39 is 11.5 Å². The van der Waals surface area contributed by atoms with E-state index in [2.05, 4.69) is 24.1 Å². The Morgan fingerprint density at radius 3 is 2.60 bits per heavy atom. The molecule has 0 aromatic heterocycles. The molecule has 0 radical (unpaired) electrons. The Morgan fingerprint density at radius 1 is 1.30 bits per heavy atom. The Kier molecular flexibility index (Phi) is 5.44. The molecule has 2 atom stereocenters. The third kappa shape index (κ3) is 3.34. The Labute approximate surface area is 122 Å². The van der Waals surface area contributed by atoms with Gasteiger partial charge in [-0.1, -0.05) is 20.3 Å². The number of nitrogens with zero attached hydrogens (tertiary/aromatic N) is 1. The zero-order valence-electron chi connectivity index (χ0n) is 13.0. The molecule has 4 heteroatoms. The van der Waals surface area contributed by atoms with Gasteiger partial charge in [-0.2, -0.15) is 0 Å². The molecule has 0 amide bonds. The van der Waals surface area contributed by atoms with Gasteiger partial charge >= 0.3 is 5.97 Å². The number of piperidine rings is 1. The predicted molar refractivity (Wildman–Crippen MR) is 80.9 cm³/mol. The quantitative estimate of drug-likeness (QED) is 0.718. The minimum Gasteiger partial charge on any atom is -0.480 e. The van der Waals surface area contributed by atoms with E-state index in [9.17, 15) is 9.90 Å². The van der Waals surface area contributed by atoms with Crippen molar-refractivity contribution in [2.45, 2.75) is 70.4 Å². The van der Waals surface area contributed by atoms with Crippen LogP contribution in [-0.2, 0) is 4.79 Å². The summed E-state index contributed by atoms with van der Waals surface area (Å²) in [5.74, 6) is -0.320. The van der Waals surface area contributed by atoms with Gasteiger partial charge in [0.2, 0.25) is 0 Å². The molecule has 0 aromatic rings. The van der Waals surface area contributed by atoms with Crippen molar-refractivity contribution in [3.63, 3.8) is 0 Å². The third-order valence-electron chi connectivity index (χ3n) is 5.02. The van der Waals surface area contributed by atoms with Crippen LogP contribution in [0.5, 0.6) is 0 Å². The number of aliphatic carboxylic acids is 1. The fraction of sp³-hybridized carbons (Fsp3) is 0.938. The highest BCUT2D eigenvalue weighted by Gasteiger charge is 2.52. The Morgan fingerprint density at radius 2 is 2.05 bits per heavy atom. The zero-order valence-corrected chi connectivity index (χ0v) is 13.0. The molecule has 1 aliphatic heterocycles. The third-order valence-corrected chi connectivity index (χ3v) is 5.02. The summed E-state index contributed by atoms with van der Waals surface area (Å²) < 4.78 is 0. The van der Waals surface area contributed by atoms with E-state index in [0.29, 0.717) is 18.5 Å². The van der Waals surface area contributed by atoms with Crippen LogP contribution in [0.15, 0.2) is 0 Å². The number of rotatable bonds is 8. The van der Waals surface area contributed by atoms with Gasteiger partial charge in [-0.05, 0) is 57.5 Å². The SMILES string of the molecule is CCCNC(CN1CCCCC1CC)(C(=O)O)C1CC1. The summed E-state index contributed by atoms with van der Waals surface area (Å²) in [5.41, 5.74) is -0.708. The normalized spacial score (nSPS) is 27.2. The zero-order chi connectivity index (χ0) is 14.6. The maximum Gasteiger partial charge on any atom is 0.325 e. The molecule has 1 saturated carbocycles. The van der Waals surface area contributed by atoms with E-state index in [1.807, 2.05) is 0 Å². The Bertz CT molecular complexity index is 330. The topological polar surface area (TPSA) is 52.6 Å². The van der Waals surface area contributed by atoms with Crippen LogP contribution in [0.3, 0.4) is 0 Å². The van der Waals surface area contributed by atoms with Gasteiger partial charge in [0.15, 0.2) is 0 Å². The van der Waals surface area contributed by atoms with Crippen LogP contribution in [0.4, 0.5) is 0 Å². The van der Waals surface area contributed by atoms with Crippen molar-refractivity contribution >= 4 is 5.97 Å². The maximum absolute atomic E-state index is 12.0. The van der Waals surface area contributed by atoms with E-state index in [-0.39, 0.29) is 0 Å². The van der Waals surface area contributed by atoms with Crippen molar-refractivity contribution < 1.29 is 9.90 Å². The maximum atomic E-state index is 12.0. The summed E-state index contributed by atoms with van der Waals surface area (Å²) in [6.45, 7) is 6.87. The largest absolute Gasteiger partial charge is 0.480 e. The molecule has 1 saturated heterocycles. The second-order valence-corrected chi connectivity index (χ2v) is 6.51. The molecule has 0 bridgehead atoms. The lowest BCUT2D eigenvalue weighted by molar-refractivity contribution is -0.147. The van der Waals surface area contributed by atoms with Crippen molar-refractivity contribution in [1.82, 2.24) is 10.2 Å². The van der Waals surface area contributed by atoms with E-state index in [4.69, 9.17) is 0 Å². The lowest BCUT2D eigenvalue weighted by Crippen LogP contribution is -2.62. The van der Waals surface area contributed by atoms with E-state index in [1.165, 1.54) is 19.3 Å². The Hall–Kier alpha value is -0.610. The van der Waals surface area contributed by atoms with Gasteiger partial charge in [-0.3, -0.25) is 9.69 Å². The van der Waals surface area contributed by atoms with Crippen molar-refractivity contribution in [2.75, 3.05) is 19.6 Å². The average Bonchev–Trinajstić information content (AvgIpc) is 3.28. The monoisotopic (exact) mass is 282 g/mol. The van der Waals surface area contributed by atoms with Gasteiger partial charge in [0, 0.05) is 12.6 Å². The number of hydrogen-bond donors (Lipinski definition) is 2. The number of nitrogens with one attached hydrogen (secondary N) is 1. The molecule has 2 N–H and O–H groups in total. The standard InChI is InChI=1S/C16H30N2O2/c1-3-10-17-16(15(19)20,13-8-9-13)12-18-11-6-5-7-14(18)4-2/h13-14,17H,3-12H2,1-2H3,(H,19,20). The van der Waals surface area contributed by atoms with Crippen molar-refractivity contribution in [3.8, 4) is 0 Å². The molecule has 116 valence electrons.